The summed E-state index contributed by atoms with van der Waals surface area (Å²) in [6, 6.07) is 6.32. The highest BCUT2D eigenvalue weighted by Crippen LogP contribution is 2.31. The lowest BCUT2D eigenvalue weighted by Crippen LogP contribution is -2.26. The number of hydrogen-bond acceptors (Lipinski definition) is 4. The van der Waals surface area contributed by atoms with Crippen LogP contribution in [0.25, 0.3) is 5.69 Å². The molecule has 0 bridgehead atoms. The fourth-order valence-electron chi connectivity index (χ4n) is 2.98. The van der Waals surface area contributed by atoms with E-state index in [1.165, 1.54) is 32.1 Å². The molecule has 1 aliphatic rings. The first-order chi connectivity index (χ1) is 10.3. The van der Waals surface area contributed by atoms with E-state index in [4.69, 9.17) is 11.6 Å². The Morgan fingerprint density at radius 1 is 1.29 bits per heavy atom. The second-order valence-electron chi connectivity index (χ2n) is 5.69. The number of rotatable bonds is 4. The van der Waals surface area contributed by atoms with Gasteiger partial charge in [0.05, 0.1) is 16.4 Å². The fourth-order valence-corrected chi connectivity index (χ4v) is 3.15. The third kappa shape index (κ3) is 3.35. The molecule has 0 unspecified atom stereocenters. The molecule has 0 atom stereocenters. The predicted octanol–water partition coefficient (Wildman–Crippen LogP) is 3.70. The molecule has 3 rings (SSSR count). The molecule has 1 saturated carbocycles. The van der Waals surface area contributed by atoms with Crippen LogP contribution in [-0.2, 0) is 0 Å². The van der Waals surface area contributed by atoms with E-state index in [9.17, 15) is 0 Å². The number of nitrogens with zero attached hydrogens (tertiary/aromatic N) is 4. The maximum Gasteiger partial charge on any atom is 0.143 e. The second kappa shape index (κ2) is 6.43. The minimum Gasteiger partial charge on any atom is -0.381 e. The summed E-state index contributed by atoms with van der Waals surface area (Å²) in [6.45, 7) is 2.28. The smallest absolute Gasteiger partial charge is 0.143 e. The molecule has 112 valence electrons. The van der Waals surface area contributed by atoms with Gasteiger partial charge in [0, 0.05) is 6.04 Å². The summed E-state index contributed by atoms with van der Waals surface area (Å²) in [4.78, 5) is 0. The highest BCUT2D eigenvalue weighted by Gasteiger charge is 2.20. The minimum absolute atomic E-state index is 0.509. The molecule has 5 nitrogen and oxygen atoms in total. The van der Waals surface area contributed by atoms with Crippen molar-refractivity contribution in [2.45, 2.75) is 45.1 Å². The van der Waals surface area contributed by atoms with E-state index < -0.39 is 0 Å². The second-order valence-corrected chi connectivity index (χ2v) is 6.10. The van der Waals surface area contributed by atoms with Gasteiger partial charge in [-0.1, -0.05) is 24.9 Å². The molecule has 1 N–H and O–H groups in total. The first-order valence-electron chi connectivity index (χ1n) is 7.55. The van der Waals surface area contributed by atoms with Gasteiger partial charge in [-0.25, -0.2) is 4.68 Å². The molecule has 0 spiro atoms. The molecule has 1 fully saturated rings. The van der Waals surface area contributed by atoms with Crippen LogP contribution < -0.4 is 5.32 Å². The number of hydrogen-bond donors (Lipinski definition) is 1. The average molecular weight is 306 g/mol. The highest BCUT2D eigenvalue weighted by atomic mass is 35.5. The molecule has 2 aromatic rings. The monoisotopic (exact) mass is 305 g/mol. The Balaban J connectivity index is 1.72. The van der Waals surface area contributed by atoms with E-state index in [0.717, 1.165) is 22.3 Å². The van der Waals surface area contributed by atoms with Crippen LogP contribution in [0.15, 0.2) is 24.5 Å². The van der Waals surface area contributed by atoms with E-state index in [1.54, 1.807) is 11.0 Å². The molecule has 1 aromatic heterocycles. The maximum atomic E-state index is 6.31. The Hall–Kier alpha value is -1.62. The Bertz CT molecular complexity index is 576. The number of halogens is 1. The highest BCUT2D eigenvalue weighted by molar-refractivity contribution is 6.33. The van der Waals surface area contributed by atoms with Crippen molar-refractivity contribution in [2.24, 2.45) is 5.92 Å². The Labute approximate surface area is 129 Å². The van der Waals surface area contributed by atoms with Gasteiger partial charge >= 0.3 is 0 Å². The summed E-state index contributed by atoms with van der Waals surface area (Å²) in [7, 11) is 0. The average Bonchev–Trinajstić information content (AvgIpc) is 3.04. The summed E-state index contributed by atoms with van der Waals surface area (Å²) in [5.41, 5.74) is 1.87. The van der Waals surface area contributed by atoms with Gasteiger partial charge in [0.2, 0.25) is 0 Å². The van der Waals surface area contributed by atoms with Gasteiger partial charge < -0.3 is 5.32 Å². The lowest BCUT2D eigenvalue weighted by Gasteiger charge is -2.29. The number of benzene rings is 1. The van der Waals surface area contributed by atoms with Crippen LogP contribution in [0.2, 0.25) is 5.02 Å². The van der Waals surface area contributed by atoms with Crippen LogP contribution in [0, 0.1) is 5.92 Å². The van der Waals surface area contributed by atoms with Crippen molar-refractivity contribution in [2.75, 3.05) is 5.32 Å². The minimum atomic E-state index is 0.509. The topological polar surface area (TPSA) is 55.6 Å². The van der Waals surface area contributed by atoms with Crippen LogP contribution in [-0.4, -0.2) is 26.2 Å². The van der Waals surface area contributed by atoms with Gasteiger partial charge in [0.25, 0.3) is 0 Å². The van der Waals surface area contributed by atoms with E-state index in [-0.39, 0.29) is 0 Å². The molecule has 1 heterocycles. The van der Waals surface area contributed by atoms with E-state index in [0.29, 0.717) is 6.04 Å². The van der Waals surface area contributed by atoms with E-state index in [1.807, 2.05) is 18.2 Å². The lowest BCUT2D eigenvalue weighted by molar-refractivity contribution is 0.330. The lowest BCUT2D eigenvalue weighted by atomic mass is 9.84. The molecule has 1 aromatic carbocycles. The zero-order valence-electron chi connectivity index (χ0n) is 12.2. The first kappa shape index (κ1) is 14.3. The number of aromatic nitrogens is 4. The van der Waals surface area contributed by atoms with Crippen LogP contribution >= 0.6 is 11.6 Å². The molecular formula is C15H20ClN5. The van der Waals surface area contributed by atoms with Crippen molar-refractivity contribution in [1.29, 1.82) is 0 Å². The molecule has 0 aliphatic heterocycles. The summed E-state index contributed by atoms with van der Waals surface area (Å²) in [6.07, 6.45) is 7.91. The molecular weight excluding hydrogens is 286 g/mol. The van der Waals surface area contributed by atoms with Crippen molar-refractivity contribution < 1.29 is 0 Å². The summed E-state index contributed by atoms with van der Waals surface area (Å²) in [5.74, 6) is 0.895. The molecule has 21 heavy (non-hydrogen) atoms. The van der Waals surface area contributed by atoms with E-state index >= 15 is 0 Å². The Morgan fingerprint density at radius 3 is 2.76 bits per heavy atom. The van der Waals surface area contributed by atoms with Gasteiger partial charge in [-0.05, 0) is 60.2 Å². The van der Waals surface area contributed by atoms with Crippen molar-refractivity contribution in [1.82, 2.24) is 20.2 Å². The van der Waals surface area contributed by atoms with Gasteiger partial charge in [-0.15, -0.1) is 5.10 Å². The summed E-state index contributed by atoms with van der Waals surface area (Å²) < 4.78 is 1.63. The third-order valence-corrected chi connectivity index (χ3v) is 4.68. The van der Waals surface area contributed by atoms with Crippen LogP contribution in [0.5, 0.6) is 0 Å². The first-order valence-corrected chi connectivity index (χ1v) is 7.93. The van der Waals surface area contributed by atoms with Gasteiger partial charge in [0.1, 0.15) is 6.33 Å². The quantitative estimate of drug-likeness (QED) is 0.936. The predicted molar refractivity (Wildman–Crippen MR) is 83.8 cm³/mol. The van der Waals surface area contributed by atoms with Crippen LogP contribution in [0.4, 0.5) is 5.69 Å². The van der Waals surface area contributed by atoms with Gasteiger partial charge in [0.15, 0.2) is 0 Å². The van der Waals surface area contributed by atoms with Crippen molar-refractivity contribution >= 4 is 17.3 Å². The zero-order valence-corrected chi connectivity index (χ0v) is 12.9. The van der Waals surface area contributed by atoms with E-state index in [2.05, 4.69) is 27.8 Å². The third-order valence-electron chi connectivity index (χ3n) is 4.35. The largest absolute Gasteiger partial charge is 0.381 e. The Kier molecular flexibility index (Phi) is 4.39. The Morgan fingerprint density at radius 2 is 2.10 bits per heavy atom. The standard InChI is InChI=1S/C15H20ClN5/c1-2-11-3-5-12(6-4-11)18-15-9-13(7-8-14(15)16)21-10-17-19-20-21/h7-12,18H,2-6H2,1H3. The molecule has 0 radical (unpaired) electrons. The molecule has 0 saturated heterocycles. The SMILES string of the molecule is CCC1CCC(Nc2cc(-n3cnnn3)ccc2Cl)CC1. The molecule has 0 amide bonds. The molecule has 1 aliphatic carbocycles. The number of anilines is 1. The van der Waals surface area contributed by atoms with Gasteiger partial charge in [-0.2, -0.15) is 0 Å². The summed E-state index contributed by atoms with van der Waals surface area (Å²) in [5, 5.41) is 15.6. The number of nitrogens with one attached hydrogen (secondary N) is 1. The maximum absolute atomic E-state index is 6.31. The fraction of sp³-hybridized carbons (Fsp3) is 0.533. The van der Waals surface area contributed by atoms with Crippen molar-refractivity contribution in [3.63, 3.8) is 0 Å². The number of tetrazole rings is 1. The van der Waals surface area contributed by atoms with Crippen LogP contribution in [0.1, 0.15) is 39.0 Å². The normalized spacial score (nSPS) is 22.2. The van der Waals surface area contributed by atoms with Gasteiger partial charge in [-0.3, -0.25) is 0 Å². The van der Waals surface area contributed by atoms with Crippen LogP contribution in [0.3, 0.4) is 0 Å². The molecule has 6 heteroatoms. The zero-order chi connectivity index (χ0) is 14.7. The van der Waals surface area contributed by atoms with Crippen molar-refractivity contribution in [3.8, 4) is 5.69 Å². The van der Waals surface area contributed by atoms with Crippen molar-refractivity contribution in [3.05, 3.63) is 29.5 Å². The summed E-state index contributed by atoms with van der Waals surface area (Å²) >= 11 is 6.31.